The maximum atomic E-state index is 12.5. The van der Waals surface area contributed by atoms with Crippen LogP contribution in [-0.4, -0.2) is 19.6 Å². The van der Waals surface area contributed by atoms with Gasteiger partial charge < -0.3 is 5.11 Å². The van der Waals surface area contributed by atoms with Crippen molar-refractivity contribution >= 4 is 10.9 Å². The number of aliphatic hydroxyl groups is 1. The second-order valence-electron chi connectivity index (χ2n) is 5.23. The monoisotopic (exact) mass is 335 g/mol. The number of benzene rings is 1. The Morgan fingerprint density at radius 3 is 2.54 bits per heavy atom. The van der Waals surface area contributed by atoms with Crippen LogP contribution in [0.25, 0.3) is 10.9 Å². The van der Waals surface area contributed by atoms with E-state index < -0.39 is 17.8 Å². The zero-order valence-corrected chi connectivity index (χ0v) is 12.2. The van der Waals surface area contributed by atoms with Crippen molar-refractivity contribution in [3.05, 3.63) is 70.5 Å². The highest BCUT2D eigenvalue weighted by Crippen LogP contribution is 2.30. The fraction of sp³-hybridized carbons (Fsp3) is 0.188. The Morgan fingerprint density at radius 2 is 1.88 bits per heavy atom. The predicted molar refractivity (Wildman–Crippen MR) is 80.2 cm³/mol. The minimum absolute atomic E-state index is 0.116. The van der Waals surface area contributed by atoms with E-state index in [4.69, 9.17) is 0 Å². The van der Waals surface area contributed by atoms with Crippen LogP contribution < -0.4 is 5.56 Å². The number of nitrogens with zero attached hydrogens (tertiary/aromatic N) is 3. The van der Waals surface area contributed by atoms with Gasteiger partial charge in [0.25, 0.3) is 5.56 Å². The van der Waals surface area contributed by atoms with Crippen molar-refractivity contribution < 1.29 is 18.3 Å². The van der Waals surface area contributed by atoms with Crippen LogP contribution in [0.3, 0.4) is 0 Å². The average molecular weight is 335 g/mol. The van der Waals surface area contributed by atoms with Crippen LogP contribution in [0, 0.1) is 0 Å². The average Bonchev–Trinajstić information content (AvgIpc) is 2.57. The third-order valence-electron chi connectivity index (χ3n) is 3.62. The van der Waals surface area contributed by atoms with E-state index in [0.717, 1.165) is 12.1 Å². The maximum absolute atomic E-state index is 12.5. The van der Waals surface area contributed by atoms with Crippen LogP contribution in [0.5, 0.6) is 0 Å². The molecule has 0 bridgehead atoms. The number of pyridine rings is 1. The highest BCUT2D eigenvalue weighted by atomic mass is 19.4. The summed E-state index contributed by atoms with van der Waals surface area (Å²) in [6.45, 7) is -0.116. The smallest absolute Gasteiger partial charge is 0.387 e. The molecule has 8 heteroatoms. The molecule has 0 spiro atoms. The van der Waals surface area contributed by atoms with Gasteiger partial charge in [-0.25, -0.2) is 4.98 Å². The second kappa shape index (κ2) is 6.04. The number of hydrogen-bond acceptors (Lipinski definition) is 4. The summed E-state index contributed by atoms with van der Waals surface area (Å²) in [5.41, 5.74) is -0.434. The van der Waals surface area contributed by atoms with Gasteiger partial charge in [-0.3, -0.25) is 14.3 Å². The van der Waals surface area contributed by atoms with Gasteiger partial charge in [0.05, 0.1) is 41.6 Å². The Morgan fingerprint density at radius 1 is 1.17 bits per heavy atom. The molecule has 0 aliphatic rings. The van der Waals surface area contributed by atoms with Crippen LogP contribution in [0.1, 0.15) is 17.2 Å². The van der Waals surface area contributed by atoms with Crippen molar-refractivity contribution in [2.45, 2.75) is 18.8 Å². The normalized spacial score (nSPS) is 13.2. The third-order valence-corrected chi connectivity index (χ3v) is 3.62. The van der Waals surface area contributed by atoms with Gasteiger partial charge in [-0.2, -0.15) is 13.2 Å². The number of rotatable bonds is 3. The zero-order valence-electron chi connectivity index (χ0n) is 12.2. The zero-order chi connectivity index (χ0) is 17.3. The lowest BCUT2D eigenvalue weighted by Crippen LogP contribution is -2.23. The van der Waals surface area contributed by atoms with Crippen LogP contribution in [-0.2, 0) is 12.7 Å². The van der Waals surface area contributed by atoms with Crippen LogP contribution >= 0.6 is 0 Å². The largest absolute Gasteiger partial charge is 0.416 e. The Hall–Kier alpha value is -2.74. The Labute approximate surface area is 134 Å². The van der Waals surface area contributed by atoms with Crippen LogP contribution in [0.4, 0.5) is 13.2 Å². The summed E-state index contributed by atoms with van der Waals surface area (Å²) >= 11 is 0. The van der Waals surface area contributed by atoms with E-state index >= 15 is 0 Å². The molecule has 2 heterocycles. The molecule has 3 rings (SSSR count). The van der Waals surface area contributed by atoms with Gasteiger partial charge in [0.1, 0.15) is 0 Å². The van der Waals surface area contributed by atoms with E-state index in [1.807, 2.05) is 0 Å². The molecule has 1 N–H and O–H groups in total. The molecule has 0 saturated heterocycles. The SMILES string of the molecule is O=c1c2ccncc2ncn1CC(O)c1ccc(C(F)(F)F)cc1. The van der Waals surface area contributed by atoms with Gasteiger partial charge in [-0.15, -0.1) is 0 Å². The summed E-state index contributed by atoms with van der Waals surface area (Å²) in [4.78, 5) is 20.3. The standard InChI is InChI=1S/C16H12F3N3O2/c17-16(18,19)11-3-1-10(2-4-11)14(23)8-22-9-21-13-7-20-6-5-12(13)15(22)24/h1-7,9,14,23H,8H2. The lowest BCUT2D eigenvalue weighted by atomic mass is 10.1. The lowest BCUT2D eigenvalue weighted by molar-refractivity contribution is -0.137. The first-order valence-corrected chi connectivity index (χ1v) is 7.00. The van der Waals surface area contributed by atoms with Crippen LogP contribution in [0.15, 0.2) is 53.8 Å². The number of alkyl halides is 3. The predicted octanol–water partition coefficient (Wildman–Crippen LogP) is 2.54. The van der Waals surface area contributed by atoms with E-state index in [0.29, 0.717) is 10.9 Å². The van der Waals surface area contributed by atoms with E-state index in [9.17, 15) is 23.1 Å². The summed E-state index contributed by atoms with van der Waals surface area (Å²) in [7, 11) is 0. The molecule has 1 aromatic carbocycles. The molecular weight excluding hydrogens is 323 g/mol. The third kappa shape index (κ3) is 3.13. The first-order chi connectivity index (χ1) is 11.4. The highest BCUT2D eigenvalue weighted by Gasteiger charge is 2.30. The molecule has 0 aliphatic carbocycles. The van der Waals surface area contributed by atoms with Gasteiger partial charge in [-0.05, 0) is 23.8 Å². The number of aromatic nitrogens is 3. The molecule has 3 aromatic rings. The number of aliphatic hydroxyl groups excluding tert-OH is 1. The molecular formula is C16H12F3N3O2. The van der Waals surface area contributed by atoms with E-state index in [2.05, 4.69) is 9.97 Å². The molecule has 0 radical (unpaired) electrons. The highest BCUT2D eigenvalue weighted by molar-refractivity contribution is 5.75. The van der Waals surface area contributed by atoms with Crippen molar-refractivity contribution in [3.8, 4) is 0 Å². The van der Waals surface area contributed by atoms with Crippen molar-refractivity contribution in [1.82, 2.24) is 14.5 Å². The Kier molecular flexibility index (Phi) is 4.06. The summed E-state index contributed by atoms with van der Waals surface area (Å²) < 4.78 is 38.9. The Balaban J connectivity index is 1.86. The molecule has 2 aromatic heterocycles. The topological polar surface area (TPSA) is 68.0 Å². The molecule has 1 unspecified atom stereocenters. The quantitative estimate of drug-likeness (QED) is 0.799. The molecule has 24 heavy (non-hydrogen) atoms. The maximum Gasteiger partial charge on any atom is 0.416 e. The molecule has 5 nitrogen and oxygen atoms in total. The molecule has 0 fully saturated rings. The summed E-state index contributed by atoms with van der Waals surface area (Å²) in [5.74, 6) is 0. The summed E-state index contributed by atoms with van der Waals surface area (Å²) in [5, 5.41) is 10.5. The van der Waals surface area contributed by atoms with Gasteiger partial charge in [0.2, 0.25) is 0 Å². The van der Waals surface area contributed by atoms with Gasteiger partial charge in [0.15, 0.2) is 0 Å². The number of halogens is 3. The van der Waals surface area contributed by atoms with Crippen molar-refractivity contribution in [3.63, 3.8) is 0 Å². The summed E-state index contributed by atoms with van der Waals surface area (Å²) in [6, 6.07) is 5.69. The van der Waals surface area contributed by atoms with E-state index in [-0.39, 0.29) is 17.7 Å². The van der Waals surface area contributed by atoms with Gasteiger partial charge in [-0.1, -0.05) is 12.1 Å². The summed E-state index contributed by atoms with van der Waals surface area (Å²) in [6.07, 6.45) is -1.38. The van der Waals surface area contributed by atoms with Crippen molar-refractivity contribution in [2.24, 2.45) is 0 Å². The fourth-order valence-corrected chi connectivity index (χ4v) is 2.32. The second-order valence-corrected chi connectivity index (χ2v) is 5.23. The Bertz CT molecular complexity index is 920. The molecule has 0 amide bonds. The van der Waals surface area contributed by atoms with Gasteiger partial charge in [0, 0.05) is 6.20 Å². The lowest BCUT2D eigenvalue weighted by Gasteiger charge is -2.14. The van der Waals surface area contributed by atoms with E-state index in [1.165, 1.54) is 41.5 Å². The molecule has 1 atom stereocenters. The first kappa shape index (κ1) is 16.1. The van der Waals surface area contributed by atoms with E-state index in [1.54, 1.807) is 0 Å². The molecule has 124 valence electrons. The van der Waals surface area contributed by atoms with Crippen molar-refractivity contribution in [2.75, 3.05) is 0 Å². The minimum Gasteiger partial charge on any atom is -0.387 e. The molecule has 0 saturated carbocycles. The minimum atomic E-state index is -4.43. The van der Waals surface area contributed by atoms with Gasteiger partial charge >= 0.3 is 6.18 Å². The van der Waals surface area contributed by atoms with Crippen molar-refractivity contribution in [1.29, 1.82) is 0 Å². The van der Waals surface area contributed by atoms with Crippen LogP contribution in [0.2, 0.25) is 0 Å². The fourth-order valence-electron chi connectivity index (χ4n) is 2.32. The first-order valence-electron chi connectivity index (χ1n) is 7.00. The molecule has 0 aliphatic heterocycles. The number of fused-ring (bicyclic) bond motifs is 1. The number of hydrogen-bond donors (Lipinski definition) is 1.